The molecule has 1 fully saturated rings. The first-order valence-electron chi connectivity index (χ1n) is 6.92. The van der Waals surface area contributed by atoms with Crippen molar-refractivity contribution >= 4 is 17.3 Å². The van der Waals surface area contributed by atoms with Crippen LogP contribution in [-0.2, 0) is 0 Å². The van der Waals surface area contributed by atoms with Crippen LogP contribution in [0, 0.1) is 0 Å². The topological polar surface area (TPSA) is 32.5 Å². The number of likely N-dealkylation sites (N-methyl/N-ethyl adjacent to an activating group) is 1. The van der Waals surface area contributed by atoms with E-state index in [0.717, 1.165) is 23.7 Å². The van der Waals surface area contributed by atoms with Crippen LogP contribution in [0.15, 0.2) is 18.2 Å². The molecule has 19 heavy (non-hydrogen) atoms. The molecule has 1 aromatic rings. The summed E-state index contributed by atoms with van der Waals surface area (Å²) in [7, 11) is 2.19. The molecule has 0 saturated carbocycles. The standard InChI is InChI=1S/C15H24ClN3/c1-10-8-19(9-11(2)18(10)4)13-5-6-14(12(3)17)15(16)7-13/h5-7,10-12H,8-9,17H2,1-4H3. The van der Waals surface area contributed by atoms with E-state index in [2.05, 4.69) is 42.8 Å². The van der Waals surface area contributed by atoms with Crippen LogP contribution in [0.4, 0.5) is 5.69 Å². The minimum atomic E-state index is -0.0214. The van der Waals surface area contributed by atoms with Crippen molar-refractivity contribution in [2.24, 2.45) is 5.73 Å². The van der Waals surface area contributed by atoms with Gasteiger partial charge in [0.05, 0.1) is 0 Å². The van der Waals surface area contributed by atoms with E-state index in [1.807, 2.05) is 13.0 Å². The van der Waals surface area contributed by atoms with Crippen LogP contribution < -0.4 is 10.6 Å². The van der Waals surface area contributed by atoms with Gasteiger partial charge in [0.1, 0.15) is 0 Å². The molecule has 2 N–H and O–H groups in total. The van der Waals surface area contributed by atoms with E-state index in [0.29, 0.717) is 12.1 Å². The average molecular weight is 282 g/mol. The van der Waals surface area contributed by atoms with Crippen molar-refractivity contribution in [3.8, 4) is 0 Å². The first-order chi connectivity index (χ1) is 8.90. The number of nitrogens with zero attached hydrogens (tertiary/aromatic N) is 2. The molecule has 0 radical (unpaired) electrons. The van der Waals surface area contributed by atoms with Crippen LogP contribution in [-0.4, -0.2) is 37.1 Å². The van der Waals surface area contributed by atoms with Crippen molar-refractivity contribution < 1.29 is 0 Å². The molecular weight excluding hydrogens is 258 g/mol. The third-order valence-electron chi connectivity index (χ3n) is 4.20. The molecule has 3 nitrogen and oxygen atoms in total. The van der Waals surface area contributed by atoms with Gasteiger partial charge in [-0.05, 0) is 45.5 Å². The highest BCUT2D eigenvalue weighted by Gasteiger charge is 2.26. The number of benzene rings is 1. The monoisotopic (exact) mass is 281 g/mol. The zero-order valence-electron chi connectivity index (χ0n) is 12.2. The zero-order chi connectivity index (χ0) is 14.2. The molecule has 3 unspecified atom stereocenters. The van der Waals surface area contributed by atoms with Crippen molar-refractivity contribution in [3.05, 3.63) is 28.8 Å². The third-order valence-corrected chi connectivity index (χ3v) is 4.53. The van der Waals surface area contributed by atoms with E-state index < -0.39 is 0 Å². The molecular formula is C15H24ClN3. The highest BCUT2D eigenvalue weighted by molar-refractivity contribution is 6.31. The van der Waals surface area contributed by atoms with Crippen LogP contribution in [0.5, 0.6) is 0 Å². The Hall–Kier alpha value is -0.770. The summed E-state index contributed by atoms with van der Waals surface area (Å²) in [6.45, 7) is 8.56. The summed E-state index contributed by atoms with van der Waals surface area (Å²) in [5, 5.41) is 0.770. The molecule has 4 heteroatoms. The van der Waals surface area contributed by atoms with Gasteiger partial charge < -0.3 is 10.6 Å². The first kappa shape index (κ1) is 14.6. The Bertz CT molecular complexity index is 435. The Balaban J connectivity index is 2.21. The van der Waals surface area contributed by atoms with Crippen LogP contribution >= 0.6 is 11.6 Å². The van der Waals surface area contributed by atoms with Crippen LogP contribution in [0.2, 0.25) is 5.02 Å². The largest absolute Gasteiger partial charge is 0.368 e. The van der Waals surface area contributed by atoms with Crippen molar-refractivity contribution in [2.75, 3.05) is 25.0 Å². The summed E-state index contributed by atoms with van der Waals surface area (Å²) in [4.78, 5) is 4.83. The molecule has 0 bridgehead atoms. The predicted octanol–water partition coefficient (Wildman–Crippen LogP) is 2.89. The SMILES string of the molecule is CC(N)c1ccc(N2CC(C)N(C)C(C)C2)cc1Cl. The Kier molecular flexibility index (Phi) is 4.39. The lowest BCUT2D eigenvalue weighted by Gasteiger charge is -2.43. The number of piperazine rings is 1. The number of anilines is 1. The van der Waals surface area contributed by atoms with Crippen molar-refractivity contribution in [1.82, 2.24) is 4.90 Å². The Labute approximate surface area is 121 Å². The van der Waals surface area contributed by atoms with E-state index in [1.54, 1.807) is 0 Å². The quantitative estimate of drug-likeness (QED) is 0.905. The van der Waals surface area contributed by atoms with Gasteiger partial charge in [-0.1, -0.05) is 17.7 Å². The molecule has 1 aromatic carbocycles. The lowest BCUT2D eigenvalue weighted by Crippen LogP contribution is -2.55. The molecule has 106 valence electrons. The number of nitrogens with two attached hydrogens (primary N) is 1. The van der Waals surface area contributed by atoms with Gasteiger partial charge in [-0.15, -0.1) is 0 Å². The van der Waals surface area contributed by atoms with Gasteiger partial charge in [-0.2, -0.15) is 0 Å². The van der Waals surface area contributed by atoms with Crippen LogP contribution in [0.25, 0.3) is 0 Å². The van der Waals surface area contributed by atoms with E-state index in [4.69, 9.17) is 17.3 Å². The highest BCUT2D eigenvalue weighted by Crippen LogP contribution is 2.29. The summed E-state index contributed by atoms with van der Waals surface area (Å²) in [6, 6.07) is 7.31. The second-order valence-electron chi connectivity index (χ2n) is 5.76. The van der Waals surface area contributed by atoms with Crippen molar-refractivity contribution in [2.45, 2.75) is 38.9 Å². The Morgan fingerprint density at radius 3 is 2.32 bits per heavy atom. The fourth-order valence-corrected chi connectivity index (χ4v) is 3.04. The Morgan fingerprint density at radius 2 is 1.84 bits per heavy atom. The number of hydrogen-bond donors (Lipinski definition) is 1. The number of rotatable bonds is 2. The third kappa shape index (κ3) is 3.04. The molecule has 1 aliphatic rings. The normalized spacial score (nSPS) is 26.5. The minimum Gasteiger partial charge on any atom is -0.368 e. The molecule has 0 aromatic heterocycles. The molecule has 3 atom stereocenters. The van der Waals surface area contributed by atoms with Gasteiger partial charge in [0.2, 0.25) is 0 Å². The summed E-state index contributed by atoms with van der Waals surface area (Å²) >= 11 is 6.33. The molecule has 0 aliphatic carbocycles. The van der Waals surface area contributed by atoms with Crippen molar-refractivity contribution in [1.29, 1.82) is 0 Å². The van der Waals surface area contributed by atoms with E-state index >= 15 is 0 Å². The smallest absolute Gasteiger partial charge is 0.0474 e. The maximum absolute atomic E-state index is 6.33. The van der Waals surface area contributed by atoms with Crippen molar-refractivity contribution in [3.63, 3.8) is 0 Å². The van der Waals surface area contributed by atoms with Gasteiger partial charge in [0, 0.05) is 41.9 Å². The number of hydrogen-bond acceptors (Lipinski definition) is 3. The number of halogens is 1. The van der Waals surface area contributed by atoms with Gasteiger partial charge in [0.15, 0.2) is 0 Å². The molecule has 1 aliphatic heterocycles. The first-order valence-corrected chi connectivity index (χ1v) is 7.30. The molecule has 0 amide bonds. The maximum Gasteiger partial charge on any atom is 0.0474 e. The summed E-state index contributed by atoms with van der Waals surface area (Å²) < 4.78 is 0. The molecule has 1 saturated heterocycles. The fraction of sp³-hybridized carbons (Fsp3) is 0.600. The van der Waals surface area contributed by atoms with Gasteiger partial charge in [-0.25, -0.2) is 0 Å². The summed E-state index contributed by atoms with van der Waals surface area (Å²) in [5.74, 6) is 0. The van der Waals surface area contributed by atoms with Gasteiger partial charge >= 0.3 is 0 Å². The lowest BCUT2D eigenvalue weighted by molar-refractivity contribution is 0.170. The summed E-state index contributed by atoms with van der Waals surface area (Å²) in [5.41, 5.74) is 8.11. The molecule has 1 heterocycles. The van der Waals surface area contributed by atoms with Gasteiger partial charge in [0.25, 0.3) is 0 Å². The predicted molar refractivity (Wildman–Crippen MR) is 83.0 cm³/mol. The fourth-order valence-electron chi connectivity index (χ4n) is 2.70. The average Bonchev–Trinajstić information content (AvgIpc) is 2.34. The Morgan fingerprint density at radius 1 is 1.26 bits per heavy atom. The maximum atomic E-state index is 6.33. The van der Waals surface area contributed by atoms with E-state index in [-0.39, 0.29) is 6.04 Å². The zero-order valence-corrected chi connectivity index (χ0v) is 13.0. The highest BCUT2D eigenvalue weighted by atomic mass is 35.5. The molecule has 2 rings (SSSR count). The molecule has 0 spiro atoms. The second kappa shape index (κ2) is 5.70. The lowest BCUT2D eigenvalue weighted by atomic mass is 10.1. The van der Waals surface area contributed by atoms with Gasteiger partial charge in [-0.3, -0.25) is 4.90 Å². The summed E-state index contributed by atoms with van der Waals surface area (Å²) in [6.07, 6.45) is 0. The van der Waals surface area contributed by atoms with E-state index in [1.165, 1.54) is 5.69 Å². The van der Waals surface area contributed by atoms with E-state index in [9.17, 15) is 0 Å². The second-order valence-corrected chi connectivity index (χ2v) is 6.17. The minimum absolute atomic E-state index is 0.0214. The van der Waals surface area contributed by atoms with Crippen LogP contribution in [0.1, 0.15) is 32.4 Å². The van der Waals surface area contributed by atoms with Crippen LogP contribution in [0.3, 0.4) is 0 Å².